The molecule has 2 rings (SSSR count). The van der Waals surface area contributed by atoms with E-state index in [1.807, 2.05) is 49.3 Å². The van der Waals surface area contributed by atoms with E-state index >= 15 is 0 Å². The number of aromatic nitrogens is 2. The molecule has 106 valence electrons. The number of hydrogen-bond donors (Lipinski definition) is 2. The molecule has 0 aliphatic heterocycles. The van der Waals surface area contributed by atoms with Gasteiger partial charge in [0, 0.05) is 6.54 Å². The Hall–Kier alpha value is -2.41. The lowest BCUT2D eigenvalue weighted by atomic mass is 10.1. The highest BCUT2D eigenvalue weighted by atomic mass is 16.6. The number of rotatable bonds is 5. The van der Waals surface area contributed by atoms with E-state index in [-0.39, 0.29) is 17.6 Å². The first-order chi connectivity index (χ1) is 9.59. The summed E-state index contributed by atoms with van der Waals surface area (Å²) >= 11 is 0. The number of carbonyl (C=O) groups is 1. The zero-order valence-corrected chi connectivity index (χ0v) is 11.4. The first-order valence-electron chi connectivity index (χ1n) is 6.17. The number of nitrogens with two attached hydrogens (primary N) is 1. The summed E-state index contributed by atoms with van der Waals surface area (Å²) in [5.41, 5.74) is 6.60. The molecule has 0 fully saturated rings. The fourth-order valence-corrected chi connectivity index (χ4v) is 1.90. The molecule has 3 N–H and O–H groups in total. The normalized spacial score (nSPS) is 12.3. The predicted octanol–water partition coefficient (Wildman–Crippen LogP) is 0.684. The zero-order valence-electron chi connectivity index (χ0n) is 11.4. The van der Waals surface area contributed by atoms with E-state index in [9.17, 15) is 4.79 Å². The Kier molecular flexibility index (Phi) is 4.31. The molecule has 7 nitrogen and oxygen atoms in total. The molecule has 1 heterocycles. The molecule has 1 aromatic carbocycles. The minimum Gasteiger partial charge on any atom is -0.379 e. The van der Waals surface area contributed by atoms with Crippen LogP contribution in [-0.2, 0) is 0 Å². The van der Waals surface area contributed by atoms with Gasteiger partial charge in [-0.2, -0.15) is 0 Å². The van der Waals surface area contributed by atoms with Crippen LogP contribution in [0, 0.1) is 0 Å². The van der Waals surface area contributed by atoms with Crippen LogP contribution in [-0.4, -0.2) is 41.8 Å². The molecule has 20 heavy (non-hydrogen) atoms. The standard InChI is InChI=1S/C13H17N5O2/c1-18(2)10(9-6-4-3-5-7-9)8-15-13(19)11-12(14)17-20-16-11/h3-7,10H,8H2,1-2H3,(H2,14,17)(H,15,19). The first-order valence-corrected chi connectivity index (χ1v) is 6.17. The molecular formula is C13H17N5O2. The molecule has 7 heteroatoms. The second kappa shape index (κ2) is 6.16. The van der Waals surface area contributed by atoms with E-state index in [4.69, 9.17) is 5.73 Å². The highest BCUT2D eigenvalue weighted by Crippen LogP contribution is 2.17. The molecule has 0 bridgehead atoms. The summed E-state index contributed by atoms with van der Waals surface area (Å²) in [5, 5.41) is 9.64. The number of nitrogen functional groups attached to an aromatic ring is 1. The molecule has 0 aliphatic carbocycles. The van der Waals surface area contributed by atoms with Gasteiger partial charge in [-0.15, -0.1) is 0 Å². The lowest BCUT2D eigenvalue weighted by molar-refractivity contribution is 0.0932. The van der Waals surface area contributed by atoms with Gasteiger partial charge in [-0.25, -0.2) is 4.63 Å². The minimum atomic E-state index is -0.397. The number of benzene rings is 1. The van der Waals surface area contributed by atoms with Crippen LogP contribution >= 0.6 is 0 Å². The molecule has 0 radical (unpaired) electrons. The van der Waals surface area contributed by atoms with Gasteiger partial charge in [0.1, 0.15) is 0 Å². The maximum absolute atomic E-state index is 11.9. The van der Waals surface area contributed by atoms with Crippen LogP contribution in [0.1, 0.15) is 22.1 Å². The van der Waals surface area contributed by atoms with Gasteiger partial charge in [-0.05, 0) is 30.0 Å². The van der Waals surface area contributed by atoms with Gasteiger partial charge in [-0.3, -0.25) is 4.79 Å². The van der Waals surface area contributed by atoms with E-state index in [0.29, 0.717) is 6.54 Å². The lowest BCUT2D eigenvalue weighted by Gasteiger charge is -2.24. The van der Waals surface area contributed by atoms with Gasteiger partial charge in [-0.1, -0.05) is 30.3 Å². The smallest absolute Gasteiger partial charge is 0.277 e. The maximum atomic E-state index is 11.9. The Bertz CT molecular complexity index is 567. The quantitative estimate of drug-likeness (QED) is 0.833. The SMILES string of the molecule is CN(C)C(CNC(=O)c1nonc1N)c1ccccc1. The highest BCUT2D eigenvalue weighted by Gasteiger charge is 2.19. The van der Waals surface area contributed by atoms with Crippen molar-refractivity contribution in [1.82, 2.24) is 20.5 Å². The van der Waals surface area contributed by atoms with Crippen molar-refractivity contribution < 1.29 is 9.42 Å². The van der Waals surface area contributed by atoms with E-state index in [1.165, 1.54) is 0 Å². The maximum Gasteiger partial charge on any atom is 0.277 e. The average Bonchev–Trinajstić information content (AvgIpc) is 2.86. The molecular weight excluding hydrogens is 258 g/mol. The van der Waals surface area contributed by atoms with Crippen LogP contribution in [0.2, 0.25) is 0 Å². The third-order valence-corrected chi connectivity index (χ3v) is 2.99. The molecule has 0 saturated carbocycles. The van der Waals surface area contributed by atoms with E-state index in [1.54, 1.807) is 0 Å². The number of amides is 1. The van der Waals surface area contributed by atoms with Gasteiger partial charge in [0.05, 0.1) is 6.04 Å². The van der Waals surface area contributed by atoms with Gasteiger partial charge < -0.3 is 16.0 Å². The van der Waals surface area contributed by atoms with Crippen molar-refractivity contribution in [2.75, 3.05) is 26.4 Å². The topological polar surface area (TPSA) is 97.3 Å². The van der Waals surface area contributed by atoms with Crippen molar-refractivity contribution in [2.45, 2.75) is 6.04 Å². The van der Waals surface area contributed by atoms with Crippen molar-refractivity contribution in [3.8, 4) is 0 Å². The second-order valence-electron chi connectivity index (χ2n) is 4.60. The monoisotopic (exact) mass is 275 g/mol. The Morgan fingerprint density at radius 1 is 1.35 bits per heavy atom. The predicted molar refractivity (Wildman–Crippen MR) is 73.9 cm³/mol. The summed E-state index contributed by atoms with van der Waals surface area (Å²) in [4.78, 5) is 13.9. The Morgan fingerprint density at radius 2 is 2.05 bits per heavy atom. The molecule has 0 spiro atoms. The highest BCUT2D eigenvalue weighted by molar-refractivity contribution is 5.95. The van der Waals surface area contributed by atoms with Crippen LogP contribution in [0.3, 0.4) is 0 Å². The third kappa shape index (κ3) is 3.12. The number of nitrogens with zero attached hydrogens (tertiary/aromatic N) is 3. The molecule has 0 saturated heterocycles. The van der Waals surface area contributed by atoms with Crippen LogP contribution < -0.4 is 11.1 Å². The third-order valence-electron chi connectivity index (χ3n) is 2.99. The summed E-state index contributed by atoms with van der Waals surface area (Å²) < 4.78 is 4.41. The number of hydrogen-bond acceptors (Lipinski definition) is 6. The molecule has 1 atom stereocenters. The lowest BCUT2D eigenvalue weighted by Crippen LogP contribution is -2.35. The van der Waals surface area contributed by atoms with Gasteiger partial charge in [0.25, 0.3) is 5.91 Å². The number of likely N-dealkylation sites (N-methyl/N-ethyl adjacent to an activating group) is 1. The fraction of sp³-hybridized carbons (Fsp3) is 0.308. The first kappa shape index (κ1) is 14.0. The van der Waals surface area contributed by atoms with Crippen LogP contribution in [0.5, 0.6) is 0 Å². The number of carbonyl (C=O) groups excluding carboxylic acids is 1. The summed E-state index contributed by atoms with van der Waals surface area (Å²) in [6.07, 6.45) is 0. The number of nitrogens with one attached hydrogen (secondary N) is 1. The van der Waals surface area contributed by atoms with Crippen molar-refractivity contribution >= 4 is 11.7 Å². The summed E-state index contributed by atoms with van der Waals surface area (Å²) in [5.74, 6) is -0.407. The Labute approximate surface area is 116 Å². The summed E-state index contributed by atoms with van der Waals surface area (Å²) in [6, 6.07) is 9.98. The van der Waals surface area contributed by atoms with E-state index < -0.39 is 5.91 Å². The van der Waals surface area contributed by atoms with Crippen molar-refractivity contribution in [3.05, 3.63) is 41.6 Å². The van der Waals surface area contributed by atoms with Crippen LogP contribution in [0.4, 0.5) is 5.82 Å². The molecule has 0 aliphatic rings. The second-order valence-corrected chi connectivity index (χ2v) is 4.60. The van der Waals surface area contributed by atoms with Crippen LogP contribution in [0.15, 0.2) is 35.0 Å². The number of anilines is 1. The average molecular weight is 275 g/mol. The van der Waals surface area contributed by atoms with Crippen molar-refractivity contribution in [3.63, 3.8) is 0 Å². The molecule has 1 amide bonds. The summed E-state index contributed by atoms with van der Waals surface area (Å²) in [7, 11) is 3.91. The van der Waals surface area contributed by atoms with Crippen LogP contribution in [0.25, 0.3) is 0 Å². The van der Waals surface area contributed by atoms with E-state index in [2.05, 4.69) is 20.3 Å². The van der Waals surface area contributed by atoms with Crippen molar-refractivity contribution in [2.24, 2.45) is 0 Å². The Balaban J connectivity index is 2.04. The Morgan fingerprint density at radius 3 is 2.60 bits per heavy atom. The molecule has 1 unspecified atom stereocenters. The fourth-order valence-electron chi connectivity index (χ4n) is 1.90. The van der Waals surface area contributed by atoms with Crippen molar-refractivity contribution in [1.29, 1.82) is 0 Å². The zero-order chi connectivity index (χ0) is 14.5. The largest absolute Gasteiger partial charge is 0.379 e. The molecule has 2 aromatic rings. The summed E-state index contributed by atoms with van der Waals surface area (Å²) in [6.45, 7) is 0.433. The van der Waals surface area contributed by atoms with Gasteiger partial charge in [0.15, 0.2) is 0 Å². The van der Waals surface area contributed by atoms with E-state index in [0.717, 1.165) is 5.56 Å². The minimum absolute atomic E-state index is 0.00979. The van der Waals surface area contributed by atoms with Gasteiger partial charge in [0.2, 0.25) is 11.5 Å². The molecule has 1 aromatic heterocycles. The van der Waals surface area contributed by atoms with Gasteiger partial charge >= 0.3 is 0 Å².